The molecule has 8 heteroatoms. The van der Waals surface area contributed by atoms with Crippen molar-refractivity contribution >= 4 is 46.7 Å². The van der Waals surface area contributed by atoms with Gasteiger partial charge in [0.15, 0.2) is 0 Å². The van der Waals surface area contributed by atoms with Gasteiger partial charge in [0.05, 0.1) is 16.8 Å². The van der Waals surface area contributed by atoms with Crippen LogP contribution in [0.1, 0.15) is 16.2 Å². The predicted molar refractivity (Wildman–Crippen MR) is 107 cm³/mol. The minimum Gasteiger partial charge on any atom is -0.341 e. The highest BCUT2D eigenvalue weighted by Gasteiger charge is 2.09. The van der Waals surface area contributed by atoms with Crippen LogP contribution in [-0.4, -0.2) is 33.4 Å². The van der Waals surface area contributed by atoms with E-state index in [1.54, 1.807) is 36.0 Å². The number of nitrogens with one attached hydrogen (secondary N) is 3. The molecule has 0 bridgehead atoms. The van der Waals surface area contributed by atoms with Crippen molar-refractivity contribution in [2.24, 2.45) is 0 Å². The quantitative estimate of drug-likeness (QED) is 0.427. The molecular formula is C18H18N4O2S2. The molecule has 0 unspecified atom stereocenters. The maximum Gasteiger partial charge on any atom is 0.331 e. The maximum atomic E-state index is 11.8. The van der Waals surface area contributed by atoms with Gasteiger partial charge in [0.2, 0.25) is 0 Å². The van der Waals surface area contributed by atoms with Crippen LogP contribution in [0.5, 0.6) is 0 Å². The predicted octanol–water partition coefficient (Wildman–Crippen LogP) is 3.58. The number of imide groups is 1. The van der Waals surface area contributed by atoms with E-state index >= 15 is 0 Å². The molecule has 1 heterocycles. The molecule has 0 radical (unpaired) electrons. The van der Waals surface area contributed by atoms with Crippen molar-refractivity contribution < 1.29 is 9.59 Å². The van der Waals surface area contributed by atoms with Crippen LogP contribution in [0.2, 0.25) is 0 Å². The molecule has 3 N–H and O–H groups in total. The third kappa shape index (κ3) is 5.27. The SMILES string of the molecule is O=C(NSCCSCc1nc2ccccc2[nH]1)NC(=O)c1ccccc1. The number of H-pyrrole nitrogens is 1. The van der Waals surface area contributed by atoms with Crippen LogP contribution < -0.4 is 10.0 Å². The number of carbonyl (C=O) groups is 2. The molecule has 0 aliphatic rings. The fourth-order valence-corrected chi connectivity index (χ4v) is 3.81. The Bertz CT molecular complexity index is 850. The molecule has 0 aliphatic heterocycles. The summed E-state index contributed by atoms with van der Waals surface area (Å²) in [6, 6.07) is 16.1. The Kier molecular flexibility index (Phi) is 6.56. The Morgan fingerprint density at radius 3 is 2.58 bits per heavy atom. The third-order valence-corrected chi connectivity index (χ3v) is 5.40. The largest absolute Gasteiger partial charge is 0.341 e. The fourth-order valence-electron chi connectivity index (χ4n) is 2.25. The average molecular weight is 387 g/mol. The molecule has 3 rings (SSSR count). The molecule has 0 atom stereocenters. The van der Waals surface area contributed by atoms with Crippen molar-refractivity contribution in [1.29, 1.82) is 0 Å². The number of nitrogens with zero attached hydrogens (tertiary/aromatic N) is 1. The van der Waals surface area contributed by atoms with E-state index in [2.05, 4.69) is 20.0 Å². The molecular weight excluding hydrogens is 368 g/mol. The number of thioether (sulfide) groups is 1. The van der Waals surface area contributed by atoms with Gasteiger partial charge < -0.3 is 4.98 Å². The molecule has 6 nitrogen and oxygen atoms in total. The Morgan fingerprint density at radius 1 is 1.00 bits per heavy atom. The van der Waals surface area contributed by atoms with Crippen LogP contribution in [0.15, 0.2) is 54.6 Å². The number of hydrogen-bond acceptors (Lipinski definition) is 5. The summed E-state index contributed by atoms with van der Waals surface area (Å²) < 4.78 is 2.61. The number of para-hydroxylation sites is 2. The summed E-state index contributed by atoms with van der Waals surface area (Å²) in [4.78, 5) is 31.3. The van der Waals surface area contributed by atoms with E-state index in [1.165, 1.54) is 11.9 Å². The summed E-state index contributed by atoms with van der Waals surface area (Å²) in [6.07, 6.45) is 0. The lowest BCUT2D eigenvalue weighted by atomic mass is 10.2. The van der Waals surface area contributed by atoms with E-state index in [1.807, 2.05) is 30.3 Å². The van der Waals surface area contributed by atoms with E-state index in [-0.39, 0.29) is 0 Å². The lowest BCUT2D eigenvalue weighted by molar-refractivity contribution is 0.0965. The Hall–Kier alpha value is -2.45. The minimum atomic E-state index is -0.508. The fraction of sp³-hybridized carbons (Fsp3) is 0.167. The van der Waals surface area contributed by atoms with Gasteiger partial charge >= 0.3 is 6.03 Å². The molecule has 0 fully saturated rings. The number of rotatable bonds is 7. The van der Waals surface area contributed by atoms with Crippen LogP contribution in [0.4, 0.5) is 4.79 Å². The van der Waals surface area contributed by atoms with Gasteiger partial charge in [0.1, 0.15) is 5.82 Å². The lowest BCUT2D eigenvalue weighted by Gasteiger charge is -2.05. The van der Waals surface area contributed by atoms with Crippen molar-refractivity contribution in [3.8, 4) is 0 Å². The molecule has 134 valence electrons. The number of imidazole rings is 1. The number of urea groups is 1. The van der Waals surface area contributed by atoms with E-state index in [4.69, 9.17) is 0 Å². The van der Waals surface area contributed by atoms with Crippen molar-refractivity contribution in [2.75, 3.05) is 11.5 Å². The molecule has 2 aromatic carbocycles. The molecule has 3 aromatic rings. The number of benzene rings is 2. The second-order valence-corrected chi connectivity index (χ2v) is 7.36. The molecule has 0 aliphatic carbocycles. The van der Waals surface area contributed by atoms with Crippen molar-refractivity contribution in [2.45, 2.75) is 5.75 Å². The zero-order chi connectivity index (χ0) is 18.2. The standard InChI is InChI=1S/C18H18N4O2S2/c23-17(13-6-2-1-3-7-13)21-18(24)22-26-11-10-25-12-16-19-14-8-4-5-9-15(14)20-16/h1-9H,10-12H2,(H,19,20)(H2,21,22,23,24). The second kappa shape index (κ2) is 9.30. The number of aromatic amines is 1. The number of carbonyl (C=O) groups excluding carboxylic acids is 2. The summed E-state index contributed by atoms with van der Waals surface area (Å²) in [5, 5.41) is 2.30. The smallest absolute Gasteiger partial charge is 0.331 e. The molecule has 1 aromatic heterocycles. The molecule has 0 saturated carbocycles. The Morgan fingerprint density at radius 2 is 1.77 bits per heavy atom. The highest BCUT2D eigenvalue weighted by Crippen LogP contribution is 2.15. The summed E-state index contributed by atoms with van der Waals surface area (Å²) in [7, 11) is 0. The van der Waals surface area contributed by atoms with Gasteiger partial charge in [-0.05, 0) is 36.2 Å². The summed E-state index contributed by atoms with van der Waals surface area (Å²) in [6.45, 7) is 0. The van der Waals surface area contributed by atoms with Crippen molar-refractivity contribution in [1.82, 2.24) is 20.0 Å². The monoisotopic (exact) mass is 386 g/mol. The third-order valence-electron chi connectivity index (χ3n) is 3.43. The van der Waals surface area contributed by atoms with Gasteiger partial charge in [0, 0.05) is 17.1 Å². The van der Waals surface area contributed by atoms with Gasteiger partial charge in [0.25, 0.3) is 5.91 Å². The van der Waals surface area contributed by atoms with Gasteiger partial charge in [-0.15, -0.1) is 0 Å². The summed E-state index contributed by atoms with van der Waals surface area (Å²) in [5.41, 5.74) is 2.46. The van der Waals surface area contributed by atoms with E-state index < -0.39 is 11.9 Å². The van der Waals surface area contributed by atoms with Crippen LogP contribution in [0.3, 0.4) is 0 Å². The van der Waals surface area contributed by atoms with E-state index in [0.717, 1.165) is 34.1 Å². The van der Waals surface area contributed by atoms with E-state index in [0.29, 0.717) is 5.56 Å². The first-order chi connectivity index (χ1) is 12.7. The maximum absolute atomic E-state index is 11.8. The van der Waals surface area contributed by atoms with Crippen LogP contribution in [0.25, 0.3) is 11.0 Å². The highest BCUT2D eigenvalue weighted by atomic mass is 32.2. The first-order valence-electron chi connectivity index (χ1n) is 8.02. The number of hydrogen-bond donors (Lipinski definition) is 3. The number of amides is 3. The van der Waals surface area contributed by atoms with Gasteiger partial charge in [-0.1, -0.05) is 30.3 Å². The summed E-state index contributed by atoms with van der Waals surface area (Å²) >= 11 is 3.00. The number of fused-ring (bicyclic) bond motifs is 1. The minimum absolute atomic E-state index is 0.414. The summed E-state index contributed by atoms with van der Waals surface area (Å²) in [5.74, 6) is 2.91. The molecule has 0 spiro atoms. The van der Waals surface area contributed by atoms with Crippen LogP contribution >= 0.6 is 23.7 Å². The van der Waals surface area contributed by atoms with Crippen molar-refractivity contribution in [3.63, 3.8) is 0 Å². The average Bonchev–Trinajstić information content (AvgIpc) is 3.08. The van der Waals surface area contributed by atoms with Crippen LogP contribution in [-0.2, 0) is 5.75 Å². The van der Waals surface area contributed by atoms with Gasteiger partial charge in [-0.25, -0.2) is 9.78 Å². The lowest BCUT2D eigenvalue weighted by Crippen LogP contribution is -2.36. The van der Waals surface area contributed by atoms with Gasteiger partial charge in [-0.3, -0.25) is 14.8 Å². The molecule has 3 amide bonds. The Labute approximate surface area is 159 Å². The van der Waals surface area contributed by atoms with Crippen molar-refractivity contribution in [3.05, 3.63) is 66.0 Å². The second-order valence-electron chi connectivity index (χ2n) is 5.35. The molecule has 0 saturated heterocycles. The van der Waals surface area contributed by atoms with Crippen LogP contribution in [0, 0.1) is 0 Å². The van der Waals surface area contributed by atoms with E-state index in [9.17, 15) is 9.59 Å². The van der Waals surface area contributed by atoms with Gasteiger partial charge in [-0.2, -0.15) is 11.8 Å². The topological polar surface area (TPSA) is 86.9 Å². The Balaban J connectivity index is 1.30. The first kappa shape index (κ1) is 18.3. The molecule has 26 heavy (non-hydrogen) atoms. The first-order valence-corrected chi connectivity index (χ1v) is 10.2. The normalized spacial score (nSPS) is 10.6. The zero-order valence-electron chi connectivity index (χ0n) is 13.9. The zero-order valence-corrected chi connectivity index (χ0v) is 15.5. The highest BCUT2D eigenvalue weighted by molar-refractivity contribution is 8.01. The number of aromatic nitrogens is 2.